The minimum atomic E-state index is 0.128. The summed E-state index contributed by atoms with van der Waals surface area (Å²) in [6.45, 7) is 1.84. The highest BCUT2D eigenvalue weighted by Gasteiger charge is 2.56. The summed E-state index contributed by atoms with van der Waals surface area (Å²) in [4.78, 5) is 12.0. The maximum Gasteiger partial charge on any atom is 0.228 e. The molecular weight excluding hydrogens is 214 g/mol. The van der Waals surface area contributed by atoms with Crippen molar-refractivity contribution < 1.29 is 9.90 Å². The lowest BCUT2D eigenvalue weighted by molar-refractivity contribution is -0.118. The van der Waals surface area contributed by atoms with E-state index in [0.717, 1.165) is 5.56 Å². The number of benzene rings is 1. The second kappa shape index (κ2) is 3.76. The van der Waals surface area contributed by atoms with Crippen LogP contribution in [0.3, 0.4) is 0 Å². The van der Waals surface area contributed by atoms with Crippen LogP contribution in [-0.2, 0) is 4.79 Å². The van der Waals surface area contributed by atoms with Gasteiger partial charge in [-0.25, -0.2) is 0 Å². The van der Waals surface area contributed by atoms with Gasteiger partial charge in [0.1, 0.15) is 5.75 Å². The Morgan fingerprint density at radius 3 is 2.71 bits per heavy atom. The van der Waals surface area contributed by atoms with Crippen molar-refractivity contribution in [3.63, 3.8) is 0 Å². The van der Waals surface area contributed by atoms with Crippen molar-refractivity contribution in [1.29, 1.82) is 0 Å². The molecule has 0 aromatic heterocycles. The van der Waals surface area contributed by atoms with Crippen LogP contribution in [0, 0.1) is 24.7 Å². The summed E-state index contributed by atoms with van der Waals surface area (Å²) in [5, 5.41) is 12.5. The molecule has 1 aromatic carbocycles. The van der Waals surface area contributed by atoms with E-state index < -0.39 is 0 Å². The van der Waals surface area contributed by atoms with Crippen LogP contribution < -0.4 is 5.32 Å². The maximum absolute atomic E-state index is 12.0. The Bertz CT molecular complexity index is 459. The third kappa shape index (κ3) is 1.79. The number of hydrogen-bond acceptors (Lipinski definition) is 2. The SMILES string of the molecule is Cc1ccc(NC(=O)C2C3CCCC32)cc1O. The molecule has 1 aromatic rings. The van der Waals surface area contributed by atoms with Gasteiger partial charge >= 0.3 is 0 Å². The third-order valence-electron chi connectivity index (χ3n) is 4.19. The summed E-state index contributed by atoms with van der Waals surface area (Å²) in [6.07, 6.45) is 3.70. The van der Waals surface area contributed by atoms with Gasteiger partial charge < -0.3 is 10.4 Å². The molecule has 0 spiro atoms. The predicted molar refractivity (Wildman–Crippen MR) is 65.8 cm³/mol. The molecule has 2 aliphatic carbocycles. The number of carbonyl (C=O) groups is 1. The number of fused-ring (bicyclic) bond motifs is 1. The lowest BCUT2D eigenvalue weighted by Crippen LogP contribution is -2.16. The Balaban J connectivity index is 1.67. The summed E-state index contributed by atoms with van der Waals surface area (Å²) in [6, 6.07) is 5.27. The van der Waals surface area contributed by atoms with E-state index in [1.165, 1.54) is 19.3 Å². The Morgan fingerprint density at radius 1 is 1.35 bits per heavy atom. The molecule has 3 heteroatoms. The smallest absolute Gasteiger partial charge is 0.228 e. The quantitative estimate of drug-likeness (QED) is 0.822. The molecule has 0 saturated heterocycles. The van der Waals surface area contributed by atoms with Crippen molar-refractivity contribution in [1.82, 2.24) is 0 Å². The lowest BCUT2D eigenvalue weighted by atomic mass is 10.1. The molecular formula is C14H17NO2. The molecule has 3 nitrogen and oxygen atoms in total. The number of phenols is 1. The third-order valence-corrected chi connectivity index (χ3v) is 4.19. The largest absolute Gasteiger partial charge is 0.508 e. The van der Waals surface area contributed by atoms with E-state index in [1.54, 1.807) is 6.07 Å². The fraction of sp³-hybridized carbons (Fsp3) is 0.500. The zero-order valence-electron chi connectivity index (χ0n) is 9.94. The summed E-state index contributed by atoms with van der Waals surface area (Å²) in [7, 11) is 0. The topological polar surface area (TPSA) is 49.3 Å². The van der Waals surface area contributed by atoms with Gasteiger partial charge in [-0.15, -0.1) is 0 Å². The van der Waals surface area contributed by atoms with Gasteiger partial charge in [0, 0.05) is 17.7 Å². The van der Waals surface area contributed by atoms with Crippen LogP contribution in [0.4, 0.5) is 5.69 Å². The van der Waals surface area contributed by atoms with Gasteiger partial charge in [-0.3, -0.25) is 4.79 Å². The van der Waals surface area contributed by atoms with E-state index >= 15 is 0 Å². The fourth-order valence-corrected chi connectivity index (χ4v) is 3.12. The first-order valence-corrected chi connectivity index (χ1v) is 6.27. The second-order valence-electron chi connectivity index (χ2n) is 5.27. The Hall–Kier alpha value is -1.51. The number of hydrogen-bond donors (Lipinski definition) is 2. The molecule has 90 valence electrons. The van der Waals surface area contributed by atoms with Crippen molar-refractivity contribution in [2.75, 3.05) is 5.32 Å². The Labute approximate surface area is 101 Å². The Kier molecular flexibility index (Phi) is 2.35. The molecule has 1 amide bonds. The molecule has 0 bridgehead atoms. The van der Waals surface area contributed by atoms with Gasteiger partial charge in [-0.2, -0.15) is 0 Å². The van der Waals surface area contributed by atoms with E-state index in [1.807, 2.05) is 19.1 Å². The van der Waals surface area contributed by atoms with E-state index in [4.69, 9.17) is 0 Å². The fourth-order valence-electron chi connectivity index (χ4n) is 3.12. The number of rotatable bonds is 2. The van der Waals surface area contributed by atoms with Gasteiger partial charge in [0.2, 0.25) is 5.91 Å². The molecule has 2 saturated carbocycles. The average molecular weight is 231 g/mol. The molecule has 3 rings (SSSR count). The normalized spacial score (nSPS) is 29.8. The summed E-state index contributed by atoms with van der Waals surface area (Å²) >= 11 is 0. The number of phenolic OH excluding ortho intramolecular Hbond substituents is 1. The highest BCUT2D eigenvalue weighted by atomic mass is 16.3. The number of aryl methyl sites for hydroxylation is 1. The Morgan fingerprint density at radius 2 is 2.06 bits per heavy atom. The first kappa shape index (κ1) is 10.6. The monoisotopic (exact) mass is 231 g/mol. The van der Waals surface area contributed by atoms with E-state index in [-0.39, 0.29) is 17.6 Å². The second-order valence-corrected chi connectivity index (χ2v) is 5.27. The van der Waals surface area contributed by atoms with Crippen LogP contribution in [-0.4, -0.2) is 11.0 Å². The number of amides is 1. The van der Waals surface area contributed by atoms with Gasteiger partial charge in [0.25, 0.3) is 0 Å². The van der Waals surface area contributed by atoms with E-state index in [0.29, 0.717) is 17.5 Å². The number of carbonyl (C=O) groups excluding carboxylic acids is 1. The van der Waals surface area contributed by atoms with Gasteiger partial charge in [0.15, 0.2) is 0 Å². The summed E-state index contributed by atoms with van der Waals surface area (Å²) in [5.41, 5.74) is 1.52. The van der Waals surface area contributed by atoms with Crippen LogP contribution in [0.2, 0.25) is 0 Å². The van der Waals surface area contributed by atoms with E-state index in [2.05, 4.69) is 5.32 Å². The number of aromatic hydroxyl groups is 1. The minimum absolute atomic E-state index is 0.128. The molecule has 0 heterocycles. The highest BCUT2D eigenvalue weighted by molar-refractivity contribution is 5.95. The van der Waals surface area contributed by atoms with Crippen LogP contribution in [0.15, 0.2) is 18.2 Å². The number of anilines is 1. The van der Waals surface area contributed by atoms with Crippen molar-refractivity contribution in [3.8, 4) is 5.75 Å². The molecule has 0 aliphatic heterocycles. The van der Waals surface area contributed by atoms with Crippen molar-refractivity contribution in [2.24, 2.45) is 17.8 Å². The van der Waals surface area contributed by atoms with Crippen LogP contribution in [0.5, 0.6) is 5.75 Å². The van der Waals surface area contributed by atoms with Gasteiger partial charge in [-0.05, 0) is 43.2 Å². The zero-order chi connectivity index (χ0) is 12.0. The molecule has 2 fully saturated rings. The van der Waals surface area contributed by atoms with Crippen molar-refractivity contribution >= 4 is 11.6 Å². The molecule has 2 N–H and O–H groups in total. The summed E-state index contributed by atoms with van der Waals surface area (Å²) < 4.78 is 0. The standard InChI is InChI=1S/C14H17NO2/c1-8-5-6-9(7-12(8)16)15-14(17)13-10-3-2-4-11(10)13/h5-7,10-11,13,16H,2-4H2,1H3,(H,15,17). The first-order valence-electron chi connectivity index (χ1n) is 6.27. The maximum atomic E-state index is 12.0. The molecule has 2 unspecified atom stereocenters. The lowest BCUT2D eigenvalue weighted by Gasteiger charge is -2.08. The van der Waals surface area contributed by atoms with Crippen LogP contribution in [0.1, 0.15) is 24.8 Å². The molecule has 2 atom stereocenters. The van der Waals surface area contributed by atoms with E-state index in [9.17, 15) is 9.90 Å². The van der Waals surface area contributed by atoms with Crippen LogP contribution in [0.25, 0.3) is 0 Å². The zero-order valence-corrected chi connectivity index (χ0v) is 9.94. The van der Waals surface area contributed by atoms with Crippen molar-refractivity contribution in [2.45, 2.75) is 26.2 Å². The molecule has 0 radical (unpaired) electrons. The van der Waals surface area contributed by atoms with Crippen molar-refractivity contribution in [3.05, 3.63) is 23.8 Å². The van der Waals surface area contributed by atoms with Gasteiger partial charge in [-0.1, -0.05) is 12.5 Å². The minimum Gasteiger partial charge on any atom is -0.508 e. The summed E-state index contributed by atoms with van der Waals surface area (Å²) in [5.74, 6) is 1.86. The van der Waals surface area contributed by atoms with Gasteiger partial charge in [0.05, 0.1) is 0 Å². The average Bonchev–Trinajstić information content (AvgIpc) is 2.78. The highest BCUT2D eigenvalue weighted by Crippen LogP contribution is 2.57. The van der Waals surface area contributed by atoms with Crippen LogP contribution >= 0.6 is 0 Å². The molecule has 17 heavy (non-hydrogen) atoms. The first-order chi connectivity index (χ1) is 8.16. The predicted octanol–water partition coefficient (Wildman–Crippen LogP) is 2.69. The molecule has 2 aliphatic rings. The number of nitrogens with one attached hydrogen (secondary N) is 1.